The molecule has 0 aliphatic rings. The Labute approximate surface area is 201 Å². The Morgan fingerprint density at radius 3 is 2.26 bits per heavy atom. The van der Waals surface area contributed by atoms with Gasteiger partial charge in [0.1, 0.15) is 5.75 Å². The van der Waals surface area contributed by atoms with Crippen molar-refractivity contribution >= 4 is 11.9 Å². The molecule has 0 atom stereocenters. The van der Waals surface area contributed by atoms with Gasteiger partial charge >= 0.3 is 5.69 Å². The minimum atomic E-state index is -0.342. The molecule has 0 aliphatic carbocycles. The van der Waals surface area contributed by atoms with Crippen molar-refractivity contribution in [3.8, 4) is 39.9 Å². The smallest absolute Gasteiger partial charge is 0.330 e. The van der Waals surface area contributed by atoms with Crippen molar-refractivity contribution < 1.29 is 24.1 Å². The summed E-state index contributed by atoms with van der Waals surface area (Å²) in [6.45, 7) is 0. The number of phenols is 1. The average molecular weight is 472 g/mol. The number of allylic oxidation sites excluding steroid dienone is 1. The highest BCUT2D eigenvalue weighted by Crippen LogP contribution is 2.38. The van der Waals surface area contributed by atoms with E-state index >= 15 is 0 Å². The summed E-state index contributed by atoms with van der Waals surface area (Å²) in [6, 6.07) is 16.8. The summed E-state index contributed by atoms with van der Waals surface area (Å²) in [5.74, 6) is 1.32. The van der Waals surface area contributed by atoms with E-state index < -0.39 is 0 Å². The zero-order valence-electron chi connectivity index (χ0n) is 19.4. The molecule has 0 unspecified atom stereocenters. The van der Waals surface area contributed by atoms with Crippen LogP contribution in [0.3, 0.4) is 0 Å². The van der Waals surface area contributed by atoms with E-state index in [1.54, 1.807) is 72.9 Å². The number of phenolic OH excluding ortho intramolecular Hbond substituents is 1. The Balaban J connectivity index is 1.65. The van der Waals surface area contributed by atoms with Gasteiger partial charge in [0.25, 0.3) is 0 Å². The van der Waals surface area contributed by atoms with Crippen molar-refractivity contribution in [1.82, 2.24) is 9.55 Å². The number of methoxy groups -OCH3 is 3. The number of nitrogens with one attached hydrogen (secondary N) is 1. The molecule has 0 amide bonds. The van der Waals surface area contributed by atoms with Crippen molar-refractivity contribution in [3.63, 3.8) is 0 Å². The summed E-state index contributed by atoms with van der Waals surface area (Å²) in [6.07, 6.45) is 4.69. The number of hydrogen-bond acceptors (Lipinski definition) is 6. The van der Waals surface area contributed by atoms with Crippen molar-refractivity contribution in [3.05, 3.63) is 94.5 Å². The van der Waals surface area contributed by atoms with Crippen LogP contribution in [0.25, 0.3) is 23.0 Å². The highest BCUT2D eigenvalue weighted by atomic mass is 16.5. The molecule has 8 nitrogen and oxygen atoms in total. The van der Waals surface area contributed by atoms with Crippen LogP contribution in [0.4, 0.5) is 0 Å². The molecule has 4 rings (SSSR count). The molecule has 35 heavy (non-hydrogen) atoms. The van der Waals surface area contributed by atoms with Gasteiger partial charge in [-0.25, -0.2) is 4.79 Å². The molecule has 4 aromatic rings. The number of nitrogens with zero attached hydrogens (tertiary/aromatic N) is 1. The van der Waals surface area contributed by atoms with Gasteiger partial charge in [-0.05, 0) is 60.2 Å². The number of ether oxygens (including phenoxy) is 3. The molecule has 3 aromatic carbocycles. The molecule has 178 valence electrons. The van der Waals surface area contributed by atoms with Crippen LogP contribution in [0.2, 0.25) is 0 Å². The third-order valence-corrected chi connectivity index (χ3v) is 5.44. The monoisotopic (exact) mass is 472 g/mol. The van der Waals surface area contributed by atoms with Gasteiger partial charge in [-0.3, -0.25) is 9.36 Å². The van der Waals surface area contributed by atoms with Crippen molar-refractivity contribution in [2.24, 2.45) is 0 Å². The number of aromatic amines is 1. The van der Waals surface area contributed by atoms with E-state index in [-0.39, 0.29) is 17.2 Å². The van der Waals surface area contributed by atoms with E-state index in [0.29, 0.717) is 39.8 Å². The summed E-state index contributed by atoms with van der Waals surface area (Å²) in [5, 5.41) is 9.57. The standard InChI is InChI=1S/C27H24N2O6/c1-33-24-13-17(14-25(34-2)26(24)35-3)7-12-23(31)19-5-4-6-20(15-19)29-22(16-28-27(29)32)18-8-10-21(30)11-9-18/h4-16,30H,1-3H3,(H,28,32). The highest BCUT2D eigenvalue weighted by molar-refractivity contribution is 6.07. The van der Waals surface area contributed by atoms with E-state index in [1.165, 1.54) is 32.0 Å². The molecule has 1 heterocycles. The van der Waals surface area contributed by atoms with E-state index in [1.807, 2.05) is 0 Å². The predicted octanol–water partition coefficient (Wildman–Crippen LogP) is 4.46. The van der Waals surface area contributed by atoms with Crippen LogP contribution >= 0.6 is 0 Å². The fourth-order valence-electron chi connectivity index (χ4n) is 3.73. The first-order valence-corrected chi connectivity index (χ1v) is 10.7. The van der Waals surface area contributed by atoms with Gasteiger partial charge in [0.15, 0.2) is 17.3 Å². The number of rotatable bonds is 8. The summed E-state index contributed by atoms with van der Waals surface area (Å²) < 4.78 is 17.5. The third kappa shape index (κ3) is 4.81. The third-order valence-electron chi connectivity index (χ3n) is 5.44. The van der Waals surface area contributed by atoms with Crippen LogP contribution < -0.4 is 19.9 Å². The van der Waals surface area contributed by atoms with Crippen LogP contribution in [0.1, 0.15) is 15.9 Å². The fraction of sp³-hybridized carbons (Fsp3) is 0.111. The predicted molar refractivity (Wildman–Crippen MR) is 133 cm³/mol. The second-order valence-electron chi connectivity index (χ2n) is 7.57. The van der Waals surface area contributed by atoms with Crippen LogP contribution in [-0.2, 0) is 0 Å². The first-order valence-electron chi connectivity index (χ1n) is 10.7. The van der Waals surface area contributed by atoms with Gasteiger partial charge in [-0.2, -0.15) is 0 Å². The molecular weight excluding hydrogens is 448 g/mol. The first-order chi connectivity index (χ1) is 16.9. The molecule has 8 heteroatoms. The van der Waals surface area contributed by atoms with Gasteiger partial charge in [0.2, 0.25) is 5.75 Å². The molecule has 2 N–H and O–H groups in total. The molecule has 0 aliphatic heterocycles. The average Bonchev–Trinajstić information content (AvgIpc) is 3.28. The number of aromatic hydroxyl groups is 1. The van der Waals surface area contributed by atoms with Crippen LogP contribution in [0.5, 0.6) is 23.0 Å². The first kappa shape index (κ1) is 23.4. The van der Waals surface area contributed by atoms with Gasteiger partial charge in [0.05, 0.1) is 32.7 Å². The maximum atomic E-state index is 13.0. The van der Waals surface area contributed by atoms with Gasteiger partial charge < -0.3 is 24.3 Å². The Kier molecular flexibility index (Phi) is 6.73. The number of carbonyl (C=O) groups excluding carboxylic acids is 1. The number of hydrogen-bond donors (Lipinski definition) is 2. The topological polar surface area (TPSA) is 103 Å². The molecular formula is C27H24N2O6. The van der Waals surface area contributed by atoms with Crippen LogP contribution in [0.15, 0.2) is 77.7 Å². The molecule has 0 saturated heterocycles. The quantitative estimate of drug-likeness (QED) is 0.290. The van der Waals surface area contributed by atoms with E-state index in [4.69, 9.17) is 14.2 Å². The molecule has 0 spiro atoms. The lowest BCUT2D eigenvalue weighted by Gasteiger charge is -2.12. The second kappa shape index (κ2) is 10.0. The summed E-state index contributed by atoms with van der Waals surface area (Å²) in [4.78, 5) is 28.2. The molecule has 0 fully saturated rings. The Morgan fingerprint density at radius 1 is 0.943 bits per heavy atom. The molecule has 1 aromatic heterocycles. The van der Waals surface area contributed by atoms with Crippen LogP contribution in [0, 0.1) is 0 Å². The molecule has 0 saturated carbocycles. The van der Waals surface area contributed by atoms with E-state index in [9.17, 15) is 14.7 Å². The second-order valence-corrected chi connectivity index (χ2v) is 7.57. The zero-order valence-corrected chi connectivity index (χ0v) is 19.4. The van der Waals surface area contributed by atoms with Crippen molar-refractivity contribution in [1.29, 1.82) is 0 Å². The fourth-order valence-corrected chi connectivity index (χ4v) is 3.73. The Hall–Kier alpha value is -4.72. The lowest BCUT2D eigenvalue weighted by molar-refractivity contribution is 0.104. The minimum absolute atomic E-state index is 0.129. The number of ketones is 1. The Bertz CT molecular complexity index is 1420. The van der Waals surface area contributed by atoms with Crippen molar-refractivity contribution in [2.75, 3.05) is 21.3 Å². The minimum Gasteiger partial charge on any atom is -0.508 e. The number of carbonyl (C=O) groups is 1. The number of aromatic nitrogens is 2. The van der Waals surface area contributed by atoms with E-state index in [0.717, 1.165) is 5.56 Å². The lowest BCUT2D eigenvalue weighted by atomic mass is 10.1. The highest BCUT2D eigenvalue weighted by Gasteiger charge is 2.14. The SMILES string of the molecule is COc1cc(C=CC(=O)c2cccc(-n3c(-c4ccc(O)cc4)c[nH]c3=O)c2)cc(OC)c1OC. The van der Waals surface area contributed by atoms with Crippen molar-refractivity contribution in [2.45, 2.75) is 0 Å². The molecule has 0 radical (unpaired) electrons. The number of imidazole rings is 1. The lowest BCUT2D eigenvalue weighted by Crippen LogP contribution is -2.16. The summed E-state index contributed by atoms with van der Waals surface area (Å²) in [5.41, 5.74) is 2.64. The normalized spacial score (nSPS) is 10.9. The van der Waals surface area contributed by atoms with Gasteiger partial charge in [-0.15, -0.1) is 0 Å². The summed E-state index contributed by atoms with van der Waals surface area (Å²) >= 11 is 0. The van der Waals surface area contributed by atoms with Crippen LogP contribution in [-0.4, -0.2) is 41.8 Å². The number of benzene rings is 3. The zero-order chi connectivity index (χ0) is 24.9. The largest absolute Gasteiger partial charge is 0.508 e. The van der Waals surface area contributed by atoms with Gasteiger partial charge in [0, 0.05) is 17.3 Å². The van der Waals surface area contributed by atoms with Gasteiger partial charge in [-0.1, -0.05) is 18.2 Å². The Morgan fingerprint density at radius 2 is 1.63 bits per heavy atom. The maximum absolute atomic E-state index is 13.0. The molecule has 0 bridgehead atoms. The maximum Gasteiger partial charge on any atom is 0.330 e. The number of H-pyrrole nitrogens is 1. The van der Waals surface area contributed by atoms with E-state index in [2.05, 4.69) is 4.98 Å². The summed E-state index contributed by atoms with van der Waals surface area (Å²) in [7, 11) is 4.57.